The van der Waals surface area contributed by atoms with E-state index in [9.17, 15) is 4.79 Å². The highest BCUT2D eigenvalue weighted by atomic mass is 79.9. The van der Waals surface area contributed by atoms with Crippen molar-refractivity contribution in [1.82, 2.24) is 5.32 Å². The second-order valence-corrected chi connectivity index (χ2v) is 6.67. The summed E-state index contributed by atoms with van der Waals surface area (Å²) in [6.45, 7) is 7.01. The minimum atomic E-state index is -0.0670. The molecule has 1 atom stereocenters. The lowest BCUT2D eigenvalue weighted by Crippen LogP contribution is -2.48. The SMILES string of the molecule is CCC1(CC)CC(NC(=O)c2cccc(Br)c2C)CCO1. The normalized spacial score (nSPS) is 21.0. The van der Waals surface area contributed by atoms with Crippen molar-refractivity contribution in [2.75, 3.05) is 6.61 Å². The molecule has 116 valence electrons. The van der Waals surface area contributed by atoms with Crippen LogP contribution in [0.1, 0.15) is 55.5 Å². The smallest absolute Gasteiger partial charge is 0.251 e. The monoisotopic (exact) mass is 353 g/mol. The van der Waals surface area contributed by atoms with Crippen LogP contribution in [0.25, 0.3) is 0 Å². The highest BCUT2D eigenvalue weighted by Gasteiger charge is 2.35. The van der Waals surface area contributed by atoms with Crippen LogP contribution in [0.4, 0.5) is 0 Å². The zero-order chi connectivity index (χ0) is 15.5. The maximum atomic E-state index is 12.5. The second-order valence-electron chi connectivity index (χ2n) is 5.81. The molecule has 1 fully saturated rings. The Hall–Kier alpha value is -0.870. The molecule has 0 aliphatic carbocycles. The predicted octanol–water partition coefficient (Wildman–Crippen LogP) is 4.23. The van der Waals surface area contributed by atoms with Crippen LogP contribution < -0.4 is 5.32 Å². The fourth-order valence-electron chi connectivity index (χ4n) is 3.01. The number of hydrogen-bond acceptors (Lipinski definition) is 2. The molecule has 1 amide bonds. The third-order valence-electron chi connectivity index (χ3n) is 4.63. The van der Waals surface area contributed by atoms with Crippen molar-refractivity contribution in [3.8, 4) is 0 Å². The van der Waals surface area contributed by atoms with Crippen molar-refractivity contribution in [1.29, 1.82) is 0 Å². The van der Waals surface area contributed by atoms with Crippen LogP contribution in [-0.2, 0) is 4.74 Å². The first-order valence-electron chi connectivity index (χ1n) is 7.71. The number of rotatable bonds is 4. The number of benzene rings is 1. The highest BCUT2D eigenvalue weighted by Crippen LogP contribution is 2.31. The molecule has 1 aliphatic heterocycles. The molecule has 1 N–H and O–H groups in total. The van der Waals surface area contributed by atoms with E-state index in [1.54, 1.807) is 0 Å². The number of nitrogens with one attached hydrogen (secondary N) is 1. The van der Waals surface area contributed by atoms with E-state index in [1.807, 2.05) is 25.1 Å². The molecule has 0 saturated carbocycles. The first-order valence-corrected chi connectivity index (χ1v) is 8.50. The molecule has 3 nitrogen and oxygen atoms in total. The summed E-state index contributed by atoms with van der Waals surface area (Å²) >= 11 is 3.48. The molecule has 0 aromatic heterocycles. The van der Waals surface area contributed by atoms with Gasteiger partial charge in [-0.05, 0) is 50.3 Å². The van der Waals surface area contributed by atoms with Gasteiger partial charge in [-0.15, -0.1) is 0 Å². The van der Waals surface area contributed by atoms with Gasteiger partial charge in [0.05, 0.1) is 5.60 Å². The maximum absolute atomic E-state index is 12.5. The molecule has 1 unspecified atom stereocenters. The Kier molecular flexibility index (Phi) is 5.44. The van der Waals surface area contributed by atoms with Crippen LogP contribution in [0.15, 0.2) is 22.7 Å². The number of hydrogen-bond donors (Lipinski definition) is 1. The standard InChI is InChI=1S/C17H24BrNO2/c1-4-17(5-2)11-13(9-10-21-17)19-16(20)14-7-6-8-15(18)12(14)3/h6-8,13H,4-5,9-11H2,1-3H3,(H,19,20). The van der Waals surface area contributed by atoms with Crippen LogP contribution in [-0.4, -0.2) is 24.2 Å². The van der Waals surface area contributed by atoms with Gasteiger partial charge in [-0.3, -0.25) is 4.79 Å². The molecule has 4 heteroatoms. The van der Waals surface area contributed by atoms with Gasteiger partial charge in [-0.2, -0.15) is 0 Å². The minimum absolute atomic E-state index is 0.0156. The van der Waals surface area contributed by atoms with E-state index in [2.05, 4.69) is 35.1 Å². The Morgan fingerprint density at radius 3 is 2.81 bits per heavy atom. The first-order chi connectivity index (χ1) is 10.0. The van der Waals surface area contributed by atoms with E-state index in [-0.39, 0.29) is 17.6 Å². The topological polar surface area (TPSA) is 38.3 Å². The summed E-state index contributed by atoms with van der Waals surface area (Å²) in [6.07, 6.45) is 3.77. The summed E-state index contributed by atoms with van der Waals surface area (Å²) in [5.41, 5.74) is 1.66. The van der Waals surface area contributed by atoms with Crippen molar-refractivity contribution >= 4 is 21.8 Å². The van der Waals surface area contributed by atoms with E-state index in [0.717, 1.165) is 47.9 Å². The summed E-state index contributed by atoms with van der Waals surface area (Å²) in [4.78, 5) is 12.5. The van der Waals surface area contributed by atoms with E-state index in [0.29, 0.717) is 0 Å². The van der Waals surface area contributed by atoms with Crippen LogP contribution in [0.3, 0.4) is 0 Å². The fraction of sp³-hybridized carbons (Fsp3) is 0.588. The fourth-order valence-corrected chi connectivity index (χ4v) is 3.38. The number of amides is 1. The summed E-state index contributed by atoms with van der Waals surface area (Å²) in [5, 5.41) is 3.19. The summed E-state index contributed by atoms with van der Waals surface area (Å²) in [7, 11) is 0. The molecule has 21 heavy (non-hydrogen) atoms. The van der Waals surface area contributed by atoms with Crippen LogP contribution in [0.5, 0.6) is 0 Å². The van der Waals surface area contributed by atoms with E-state index in [1.165, 1.54) is 0 Å². The van der Waals surface area contributed by atoms with Gasteiger partial charge in [0.2, 0.25) is 0 Å². The predicted molar refractivity (Wildman–Crippen MR) is 88.6 cm³/mol. The molecule has 0 radical (unpaired) electrons. The number of halogens is 1. The lowest BCUT2D eigenvalue weighted by Gasteiger charge is -2.40. The van der Waals surface area contributed by atoms with Crippen LogP contribution in [0.2, 0.25) is 0 Å². The van der Waals surface area contributed by atoms with Crippen LogP contribution in [0, 0.1) is 6.92 Å². The van der Waals surface area contributed by atoms with Gasteiger partial charge in [-0.25, -0.2) is 0 Å². The summed E-state index contributed by atoms with van der Waals surface area (Å²) in [6, 6.07) is 5.93. The highest BCUT2D eigenvalue weighted by molar-refractivity contribution is 9.10. The second kappa shape index (κ2) is 6.93. The molecule has 1 aromatic carbocycles. The van der Waals surface area contributed by atoms with Gasteiger partial charge in [-0.1, -0.05) is 35.8 Å². The van der Waals surface area contributed by atoms with Crippen molar-refractivity contribution in [3.05, 3.63) is 33.8 Å². The molecule has 1 aliphatic rings. The molecule has 0 bridgehead atoms. The van der Waals surface area contributed by atoms with Crippen molar-refractivity contribution in [3.63, 3.8) is 0 Å². The van der Waals surface area contributed by atoms with Gasteiger partial charge in [0.25, 0.3) is 5.91 Å². The number of carbonyl (C=O) groups excluding carboxylic acids is 1. The molecule has 0 spiro atoms. The third-order valence-corrected chi connectivity index (χ3v) is 5.49. The Balaban J connectivity index is 2.07. The first kappa shape index (κ1) is 16.5. The molecule has 1 heterocycles. The lowest BCUT2D eigenvalue weighted by molar-refractivity contribution is -0.0917. The van der Waals surface area contributed by atoms with E-state index in [4.69, 9.17) is 4.74 Å². The number of carbonyl (C=O) groups is 1. The maximum Gasteiger partial charge on any atom is 0.251 e. The quantitative estimate of drug-likeness (QED) is 0.879. The summed E-state index contributed by atoms with van der Waals surface area (Å²) < 4.78 is 6.94. The lowest BCUT2D eigenvalue weighted by atomic mass is 9.86. The molecule has 1 saturated heterocycles. The van der Waals surface area contributed by atoms with E-state index < -0.39 is 0 Å². The van der Waals surface area contributed by atoms with Gasteiger partial charge < -0.3 is 10.1 Å². The molecule has 2 rings (SSSR count). The third kappa shape index (κ3) is 3.67. The van der Waals surface area contributed by atoms with E-state index >= 15 is 0 Å². The Morgan fingerprint density at radius 2 is 2.14 bits per heavy atom. The van der Waals surface area contributed by atoms with Crippen LogP contribution >= 0.6 is 15.9 Å². The van der Waals surface area contributed by atoms with Gasteiger partial charge in [0.15, 0.2) is 0 Å². The molecular weight excluding hydrogens is 330 g/mol. The Morgan fingerprint density at radius 1 is 1.43 bits per heavy atom. The van der Waals surface area contributed by atoms with Crippen molar-refractivity contribution in [2.45, 2.75) is 58.1 Å². The molecule has 1 aromatic rings. The van der Waals surface area contributed by atoms with Gasteiger partial charge in [0.1, 0.15) is 0 Å². The Labute approximate surface area is 135 Å². The van der Waals surface area contributed by atoms with Gasteiger partial charge in [0, 0.05) is 22.7 Å². The van der Waals surface area contributed by atoms with Crippen molar-refractivity contribution < 1.29 is 9.53 Å². The average molecular weight is 354 g/mol. The summed E-state index contributed by atoms with van der Waals surface area (Å²) in [5.74, 6) is 0.0156. The largest absolute Gasteiger partial charge is 0.375 e. The Bertz CT molecular complexity index is 512. The molecular formula is C17H24BrNO2. The number of ether oxygens (including phenoxy) is 1. The zero-order valence-electron chi connectivity index (χ0n) is 13.0. The zero-order valence-corrected chi connectivity index (χ0v) is 14.6. The van der Waals surface area contributed by atoms with Crippen molar-refractivity contribution in [2.24, 2.45) is 0 Å². The minimum Gasteiger partial charge on any atom is -0.375 e. The van der Waals surface area contributed by atoms with Gasteiger partial charge >= 0.3 is 0 Å². The average Bonchev–Trinajstić information content (AvgIpc) is 2.50.